The first-order valence-corrected chi connectivity index (χ1v) is 27.8. The van der Waals surface area contributed by atoms with E-state index in [1.54, 1.807) is 0 Å². The van der Waals surface area contributed by atoms with Crippen LogP contribution in [0.2, 0.25) is 0 Å². The lowest BCUT2D eigenvalue weighted by Crippen LogP contribution is -2.37. The van der Waals surface area contributed by atoms with Gasteiger partial charge in [0.1, 0.15) is 12.7 Å². The molecule has 0 heterocycles. The van der Waals surface area contributed by atoms with Crippen molar-refractivity contribution in [3.63, 3.8) is 0 Å². The molecule has 0 saturated heterocycles. The summed E-state index contributed by atoms with van der Waals surface area (Å²) in [4.78, 5) is 42.0. The standard InChI is InChI=1S/C56H106N2O7/c1-6-11-13-15-17-19-21-23-25-27-29-31-39-45-54(59)62-50-41-35-33-37-43-53(65-56(61)64-52-49-58(10-5)48-47-57(8-3)9-4)44-38-34-36-42-51-63-55(60)46-40-32-30-28-26-24-22-20-18-16-14-12-7-2/h19-22,53H,6-18,23-52H2,1-5H3/b21-19-,22-20-. The number of ether oxygens (including phenoxy) is 4. The molecule has 0 aromatic rings. The van der Waals surface area contributed by atoms with E-state index in [9.17, 15) is 14.4 Å². The Kier molecular flexibility index (Phi) is 49.1. The summed E-state index contributed by atoms with van der Waals surface area (Å²) in [5.74, 6) is -0.147. The predicted octanol–water partition coefficient (Wildman–Crippen LogP) is 15.7. The molecule has 0 radical (unpaired) electrons. The van der Waals surface area contributed by atoms with Gasteiger partial charge >= 0.3 is 18.1 Å². The summed E-state index contributed by atoms with van der Waals surface area (Å²) in [6.07, 6.45) is 45.5. The topological polar surface area (TPSA) is 94.6 Å². The highest BCUT2D eigenvalue weighted by atomic mass is 16.7. The van der Waals surface area contributed by atoms with Crippen molar-refractivity contribution in [1.29, 1.82) is 0 Å². The van der Waals surface area contributed by atoms with E-state index in [1.165, 1.54) is 116 Å². The Morgan fingerprint density at radius 2 is 0.754 bits per heavy atom. The number of esters is 2. The van der Waals surface area contributed by atoms with E-state index in [4.69, 9.17) is 18.9 Å². The second-order valence-corrected chi connectivity index (χ2v) is 18.4. The summed E-state index contributed by atoms with van der Waals surface area (Å²) in [6.45, 7) is 17.9. The van der Waals surface area contributed by atoms with Gasteiger partial charge < -0.3 is 23.8 Å². The van der Waals surface area contributed by atoms with E-state index < -0.39 is 6.16 Å². The van der Waals surface area contributed by atoms with Crippen molar-refractivity contribution in [2.24, 2.45) is 0 Å². The zero-order valence-corrected chi connectivity index (χ0v) is 43.5. The van der Waals surface area contributed by atoms with Crippen molar-refractivity contribution >= 4 is 18.1 Å². The zero-order valence-electron chi connectivity index (χ0n) is 43.5. The normalized spacial score (nSPS) is 11.8. The molecule has 9 heteroatoms. The fourth-order valence-corrected chi connectivity index (χ4v) is 8.09. The van der Waals surface area contributed by atoms with Gasteiger partial charge in [-0.3, -0.25) is 14.5 Å². The fraction of sp³-hybridized carbons (Fsp3) is 0.875. The van der Waals surface area contributed by atoms with Crippen LogP contribution in [0, 0.1) is 0 Å². The van der Waals surface area contributed by atoms with Crippen LogP contribution >= 0.6 is 0 Å². The number of nitrogens with zero attached hydrogens (tertiary/aromatic N) is 2. The molecule has 0 rings (SSSR count). The maximum atomic E-state index is 12.8. The van der Waals surface area contributed by atoms with Gasteiger partial charge in [-0.1, -0.05) is 162 Å². The molecule has 0 aliphatic heterocycles. The van der Waals surface area contributed by atoms with Crippen molar-refractivity contribution in [3.05, 3.63) is 24.3 Å². The third-order valence-corrected chi connectivity index (χ3v) is 12.6. The third-order valence-electron chi connectivity index (χ3n) is 12.6. The number of rotatable bonds is 50. The van der Waals surface area contributed by atoms with Crippen molar-refractivity contribution in [3.8, 4) is 0 Å². The lowest BCUT2D eigenvalue weighted by atomic mass is 10.0. The quantitative estimate of drug-likeness (QED) is 0.0256. The van der Waals surface area contributed by atoms with Crippen molar-refractivity contribution in [2.45, 2.75) is 259 Å². The molecule has 382 valence electrons. The third kappa shape index (κ3) is 46.5. The van der Waals surface area contributed by atoms with Crippen LogP contribution in [0.1, 0.15) is 253 Å². The molecule has 0 fully saturated rings. The van der Waals surface area contributed by atoms with Crippen LogP contribution in [0.15, 0.2) is 24.3 Å². The summed E-state index contributed by atoms with van der Waals surface area (Å²) in [6, 6.07) is 0. The Balaban J connectivity index is 4.34. The molecule has 0 N–H and O–H groups in total. The van der Waals surface area contributed by atoms with Gasteiger partial charge in [0, 0.05) is 32.5 Å². The highest BCUT2D eigenvalue weighted by Crippen LogP contribution is 2.18. The monoisotopic (exact) mass is 919 g/mol. The molecule has 0 aliphatic rings. The van der Waals surface area contributed by atoms with Gasteiger partial charge in [-0.05, 0) is 122 Å². The summed E-state index contributed by atoms with van der Waals surface area (Å²) in [5.41, 5.74) is 0. The number of allylic oxidation sites excluding steroid dienone is 4. The molecule has 0 unspecified atom stereocenters. The second-order valence-electron chi connectivity index (χ2n) is 18.4. The Morgan fingerprint density at radius 3 is 1.18 bits per heavy atom. The summed E-state index contributed by atoms with van der Waals surface area (Å²) < 4.78 is 22.5. The molecule has 0 aliphatic carbocycles. The maximum Gasteiger partial charge on any atom is 0.508 e. The van der Waals surface area contributed by atoms with Gasteiger partial charge in [0.05, 0.1) is 13.2 Å². The first kappa shape index (κ1) is 62.6. The van der Waals surface area contributed by atoms with Gasteiger partial charge in [-0.15, -0.1) is 0 Å². The molecular formula is C56H106N2O7. The molecule has 0 aromatic carbocycles. The van der Waals surface area contributed by atoms with E-state index in [1.807, 2.05) is 0 Å². The zero-order chi connectivity index (χ0) is 47.5. The lowest BCUT2D eigenvalue weighted by molar-refractivity contribution is -0.144. The Hall–Kier alpha value is -2.39. The van der Waals surface area contributed by atoms with E-state index in [0.717, 1.165) is 123 Å². The van der Waals surface area contributed by atoms with Crippen LogP contribution in [0.25, 0.3) is 0 Å². The van der Waals surface area contributed by atoms with Crippen LogP contribution in [-0.4, -0.2) is 93.1 Å². The summed E-state index contributed by atoms with van der Waals surface area (Å²) in [7, 11) is 0. The minimum absolute atomic E-state index is 0.0737. The van der Waals surface area contributed by atoms with Gasteiger partial charge in [-0.2, -0.15) is 0 Å². The van der Waals surface area contributed by atoms with Crippen LogP contribution in [0.3, 0.4) is 0 Å². The minimum Gasteiger partial charge on any atom is -0.466 e. The van der Waals surface area contributed by atoms with Crippen LogP contribution in [0.4, 0.5) is 4.79 Å². The number of likely N-dealkylation sites (N-methyl/N-ethyl adjacent to an activating group) is 2. The Bertz CT molecular complexity index is 1030. The average Bonchev–Trinajstić information content (AvgIpc) is 3.30. The number of hydrogen-bond donors (Lipinski definition) is 0. The minimum atomic E-state index is -0.574. The molecule has 65 heavy (non-hydrogen) atoms. The van der Waals surface area contributed by atoms with Crippen molar-refractivity contribution in [2.75, 3.05) is 59.1 Å². The predicted molar refractivity (Wildman–Crippen MR) is 275 cm³/mol. The highest BCUT2D eigenvalue weighted by molar-refractivity contribution is 5.69. The van der Waals surface area contributed by atoms with Crippen LogP contribution in [0.5, 0.6) is 0 Å². The average molecular weight is 919 g/mol. The number of carbonyl (C=O) groups excluding carboxylic acids is 3. The molecule has 0 amide bonds. The molecule has 0 aromatic heterocycles. The van der Waals surface area contributed by atoms with Gasteiger partial charge in [0.2, 0.25) is 0 Å². The molecule has 9 nitrogen and oxygen atoms in total. The van der Waals surface area contributed by atoms with Crippen LogP contribution < -0.4 is 0 Å². The van der Waals surface area contributed by atoms with Gasteiger partial charge in [0.25, 0.3) is 0 Å². The second kappa shape index (κ2) is 51.0. The first-order chi connectivity index (χ1) is 31.9. The van der Waals surface area contributed by atoms with Gasteiger partial charge in [0.15, 0.2) is 0 Å². The van der Waals surface area contributed by atoms with E-state index in [0.29, 0.717) is 39.2 Å². The Morgan fingerprint density at radius 1 is 0.385 bits per heavy atom. The fourth-order valence-electron chi connectivity index (χ4n) is 8.09. The SMILES string of the molecule is CCCCCC/C=C\CCCCCCCC(=O)OCCCCCCC(CCCCCCOC(=O)CCCCCCC/C=C\CCCCCC)OC(=O)OCCN(CC)CCN(CC)CC. The van der Waals surface area contributed by atoms with E-state index in [-0.39, 0.29) is 18.0 Å². The molecule has 0 spiro atoms. The summed E-state index contributed by atoms with van der Waals surface area (Å²) >= 11 is 0. The van der Waals surface area contributed by atoms with E-state index >= 15 is 0 Å². The Labute approximate surface area is 402 Å². The summed E-state index contributed by atoms with van der Waals surface area (Å²) in [5, 5.41) is 0. The van der Waals surface area contributed by atoms with Crippen LogP contribution in [-0.2, 0) is 28.5 Å². The first-order valence-electron chi connectivity index (χ1n) is 27.8. The van der Waals surface area contributed by atoms with Crippen molar-refractivity contribution in [1.82, 2.24) is 9.80 Å². The largest absolute Gasteiger partial charge is 0.508 e. The molecular weight excluding hydrogens is 813 g/mol. The van der Waals surface area contributed by atoms with Crippen molar-refractivity contribution < 1.29 is 33.3 Å². The molecule has 0 saturated carbocycles. The highest BCUT2D eigenvalue weighted by Gasteiger charge is 2.16. The number of unbranched alkanes of at least 4 members (excludes halogenated alkanes) is 24. The number of carbonyl (C=O) groups is 3. The number of hydrogen-bond acceptors (Lipinski definition) is 9. The maximum absolute atomic E-state index is 12.8. The lowest BCUT2D eigenvalue weighted by Gasteiger charge is -2.25. The molecule has 0 bridgehead atoms. The van der Waals surface area contributed by atoms with Gasteiger partial charge in [-0.25, -0.2) is 4.79 Å². The van der Waals surface area contributed by atoms with E-state index in [2.05, 4.69) is 68.7 Å². The molecule has 0 atom stereocenters. The smallest absolute Gasteiger partial charge is 0.466 e.